The van der Waals surface area contributed by atoms with Gasteiger partial charge in [-0.05, 0) is 26.0 Å². The highest BCUT2D eigenvalue weighted by Gasteiger charge is 2.09. The summed E-state index contributed by atoms with van der Waals surface area (Å²) in [6.45, 7) is 4.04. The van der Waals surface area contributed by atoms with E-state index >= 15 is 0 Å². The van der Waals surface area contributed by atoms with Crippen LogP contribution < -0.4 is 5.32 Å². The highest BCUT2D eigenvalue weighted by Crippen LogP contribution is 2.23. The van der Waals surface area contributed by atoms with Crippen molar-refractivity contribution in [1.29, 1.82) is 0 Å². The lowest BCUT2D eigenvalue weighted by molar-refractivity contribution is -0.384. The zero-order valence-corrected chi connectivity index (χ0v) is 10.8. The number of non-ortho nitro benzene ring substituents is 1. The van der Waals surface area contributed by atoms with Crippen LogP contribution in [0.15, 0.2) is 24.3 Å². The maximum Gasteiger partial charge on any atom is 0.269 e. The van der Waals surface area contributed by atoms with Gasteiger partial charge in [0.15, 0.2) is 5.82 Å². The van der Waals surface area contributed by atoms with Crippen molar-refractivity contribution in [3.8, 4) is 11.4 Å². The van der Waals surface area contributed by atoms with Crippen molar-refractivity contribution in [3.05, 3.63) is 34.4 Å². The number of nitro groups is 1. The number of benzene rings is 1. The Balaban J connectivity index is 2.20. The second-order valence-corrected chi connectivity index (χ2v) is 4.78. The molecular weight excluding hydrogens is 252 g/mol. The Kier molecular flexibility index (Phi) is 3.52. The van der Waals surface area contributed by atoms with Crippen LogP contribution >= 0.6 is 11.5 Å². The summed E-state index contributed by atoms with van der Waals surface area (Å²) in [6, 6.07) is 6.50. The van der Waals surface area contributed by atoms with Crippen LogP contribution in [-0.4, -0.2) is 20.3 Å². The van der Waals surface area contributed by atoms with Gasteiger partial charge in [-0.3, -0.25) is 10.1 Å². The van der Waals surface area contributed by atoms with E-state index in [0.29, 0.717) is 11.9 Å². The second-order valence-electron chi connectivity index (χ2n) is 4.03. The van der Waals surface area contributed by atoms with Gasteiger partial charge < -0.3 is 5.32 Å². The molecule has 6 nitrogen and oxygen atoms in total. The van der Waals surface area contributed by atoms with Crippen molar-refractivity contribution < 1.29 is 4.92 Å². The summed E-state index contributed by atoms with van der Waals surface area (Å²) < 4.78 is 4.21. The molecule has 0 bridgehead atoms. The van der Waals surface area contributed by atoms with E-state index in [0.717, 1.165) is 10.7 Å². The third kappa shape index (κ3) is 2.80. The van der Waals surface area contributed by atoms with Gasteiger partial charge in [-0.25, -0.2) is 0 Å². The fourth-order valence-electron chi connectivity index (χ4n) is 1.38. The van der Waals surface area contributed by atoms with Crippen LogP contribution in [0.4, 0.5) is 10.8 Å². The minimum Gasteiger partial charge on any atom is -0.358 e. The fraction of sp³-hybridized carbons (Fsp3) is 0.273. The van der Waals surface area contributed by atoms with Gasteiger partial charge in [0.1, 0.15) is 0 Å². The first-order valence-corrected chi connectivity index (χ1v) is 6.18. The summed E-state index contributed by atoms with van der Waals surface area (Å²) in [7, 11) is 0. The number of rotatable bonds is 4. The molecule has 18 heavy (non-hydrogen) atoms. The van der Waals surface area contributed by atoms with Crippen molar-refractivity contribution in [2.45, 2.75) is 19.9 Å². The molecule has 0 aliphatic rings. The Labute approximate surface area is 108 Å². The standard InChI is InChI=1S/C11H12N4O2S/c1-7(2)12-11-13-10(14-18-11)8-3-5-9(6-4-8)15(16)17/h3-7H,1-2H3,(H,12,13,14). The maximum atomic E-state index is 10.5. The predicted molar refractivity (Wildman–Crippen MR) is 70.8 cm³/mol. The van der Waals surface area contributed by atoms with Crippen molar-refractivity contribution in [1.82, 2.24) is 9.36 Å². The summed E-state index contributed by atoms with van der Waals surface area (Å²) in [5.74, 6) is 0.582. The van der Waals surface area contributed by atoms with Crippen LogP contribution in [-0.2, 0) is 0 Å². The van der Waals surface area contributed by atoms with Gasteiger partial charge in [0.05, 0.1) is 4.92 Å². The van der Waals surface area contributed by atoms with Crippen molar-refractivity contribution in [3.63, 3.8) is 0 Å². The lowest BCUT2D eigenvalue weighted by Crippen LogP contribution is -2.08. The molecule has 1 aromatic heterocycles. The van der Waals surface area contributed by atoms with Gasteiger partial charge in [0.25, 0.3) is 5.69 Å². The van der Waals surface area contributed by atoms with Crippen molar-refractivity contribution >= 4 is 22.4 Å². The van der Waals surface area contributed by atoms with Crippen LogP contribution in [0, 0.1) is 10.1 Å². The van der Waals surface area contributed by atoms with Gasteiger partial charge >= 0.3 is 0 Å². The molecule has 0 spiro atoms. The van der Waals surface area contributed by atoms with E-state index in [1.54, 1.807) is 12.1 Å². The third-order valence-electron chi connectivity index (χ3n) is 2.17. The van der Waals surface area contributed by atoms with Crippen LogP contribution in [0.3, 0.4) is 0 Å². The fourth-order valence-corrected chi connectivity index (χ4v) is 2.11. The Hall–Kier alpha value is -2.02. The van der Waals surface area contributed by atoms with Crippen molar-refractivity contribution in [2.75, 3.05) is 5.32 Å². The molecule has 1 N–H and O–H groups in total. The minimum atomic E-state index is -0.427. The number of hydrogen-bond acceptors (Lipinski definition) is 6. The molecule has 0 aliphatic heterocycles. The van der Waals surface area contributed by atoms with Crippen LogP contribution in [0.25, 0.3) is 11.4 Å². The molecule has 2 rings (SSSR count). The number of aromatic nitrogens is 2. The average Bonchev–Trinajstić information content (AvgIpc) is 2.76. The summed E-state index contributed by atoms with van der Waals surface area (Å²) in [5.41, 5.74) is 0.836. The molecule has 0 saturated heterocycles. The van der Waals surface area contributed by atoms with E-state index in [1.807, 2.05) is 13.8 Å². The minimum absolute atomic E-state index is 0.0644. The van der Waals surface area contributed by atoms with Gasteiger partial charge in [-0.2, -0.15) is 9.36 Å². The molecule has 0 radical (unpaired) electrons. The predicted octanol–water partition coefficient (Wildman–Crippen LogP) is 2.93. The number of nitrogens with zero attached hydrogens (tertiary/aromatic N) is 3. The van der Waals surface area contributed by atoms with Crippen LogP contribution in [0.2, 0.25) is 0 Å². The summed E-state index contributed by atoms with van der Waals surface area (Å²) in [6.07, 6.45) is 0. The van der Waals surface area contributed by atoms with E-state index in [9.17, 15) is 10.1 Å². The van der Waals surface area contributed by atoms with E-state index in [4.69, 9.17) is 0 Å². The molecule has 1 aromatic carbocycles. The van der Waals surface area contributed by atoms with Crippen LogP contribution in [0.1, 0.15) is 13.8 Å². The third-order valence-corrected chi connectivity index (χ3v) is 2.82. The highest BCUT2D eigenvalue weighted by molar-refractivity contribution is 7.09. The largest absolute Gasteiger partial charge is 0.358 e. The number of hydrogen-bond donors (Lipinski definition) is 1. The molecule has 0 aliphatic carbocycles. The van der Waals surface area contributed by atoms with Gasteiger partial charge in [0, 0.05) is 35.3 Å². The zero-order chi connectivity index (χ0) is 13.1. The summed E-state index contributed by atoms with van der Waals surface area (Å²) >= 11 is 1.28. The first kappa shape index (κ1) is 12.4. The topological polar surface area (TPSA) is 81.0 Å². The van der Waals surface area contributed by atoms with E-state index in [2.05, 4.69) is 14.7 Å². The quantitative estimate of drug-likeness (QED) is 0.678. The average molecular weight is 264 g/mol. The maximum absolute atomic E-state index is 10.5. The number of anilines is 1. The smallest absolute Gasteiger partial charge is 0.269 e. The molecule has 0 amide bonds. The SMILES string of the molecule is CC(C)Nc1nc(-c2ccc([N+](=O)[O-])cc2)ns1. The second kappa shape index (κ2) is 5.09. The van der Waals surface area contributed by atoms with Gasteiger partial charge in [0.2, 0.25) is 5.13 Å². The first-order valence-electron chi connectivity index (χ1n) is 5.41. The van der Waals surface area contributed by atoms with Crippen molar-refractivity contribution in [2.24, 2.45) is 0 Å². The normalized spacial score (nSPS) is 10.6. The molecule has 7 heteroatoms. The van der Waals surface area contributed by atoms with E-state index in [1.165, 1.54) is 23.7 Å². The zero-order valence-electron chi connectivity index (χ0n) is 9.95. The molecule has 94 valence electrons. The Morgan fingerprint density at radius 3 is 2.56 bits per heavy atom. The number of nitro benzene ring substituents is 1. The van der Waals surface area contributed by atoms with E-state index < -0.39 is 4.92 Å². The molecule has 0 fully saturated rings. The Morgan fingerprint density at radius 1 is 1.33 bits per heavy atom. The molecular formula is C11H12N4O2S. The van der Waals surface area contributed by atoms with Gasteiger partial charge in [-0.15, -0.1) is 0 Å². The lowest BCUT2D eigenvalue weighted by atomic mass is 10.2. The van der Waals surface area contributed by atoms with E-state index in [-0.39, 0.29) is 5.69 Å². The van der Waals surface area contributed by atoms with Gasteiger partial charge in [-0.1, -0.05) is 0 Å². The molecule has 0 unspecified atom stereocenters. The Bertz CT molecular complexity index is 550. The molecule has 0 saturated carbocycles. The summed E-state index contributed by atoms with van der Waals surface area (Å²) in [5, 5.41) is 14.5. The lowest BCUT2D eigenvalue weighted by Gasteiger charge is -2.03. The monoisotopic (exact) mass is 264 g/mol. The van der Waals surface area contributed by atoms with Crippen LogP contribution in [0.5, 0.6) is 0 Å². The highest BCUT2D eigenvalue weighted by atomic mass is 32.1. The molecule has 1 heterocycles. The molecule has 2 aromatic rings. The Morgan fingerprint density at radius 2 is 2.00 bits per heavy atom. The first-order chi connectivity index (χ1) is 8.56. The number of nitrogens with one attached hydrogen (secondary N) is 1. The molecule has 0 atom stereocenters. The summed E-state index contributed by atoms with van der Waals surface area (Å²) in [4.78, 5) is 14.4.